The summed E-state index contributed by atoms with van der Waals surface area (Å²) in [7, 11) is 0. The van der Waals surface area contributed by atoms with Crippen molar-refractivity contribution in [3.05, 3.63) is 42.7 Å². The number of aromatic nitrogens is 2. The molecule has 9 heteroatoms. The van der Waals surface area contributed by atoms with Gasteiger partial charge in [0.2, 0.25) is 11.9 Å². The molecule has 0 radical (unpaired) electrons. The van der Waals surface area contributed by atoms with E-state index >= 15 is 0 Å². The van der Waals surface area contributed by atoms with Gasteiger partial charge in [-0.25, -0.2) is 14.8 Å². The number of nitrogens with one attached hydrogen (secondary N) is 2. The van der Waals surface area contributed by atoms with Crippen LogP contribution in [0.25, 0.3) is 0 Å². The van der Waals surface area contributed by atoms with E-state index < -0.39 is 0 Å². The number of urea groups is 1. The second kappa shape index (κ2) is 11.2. The van der Waals surface area contributed by atoms with Gasteiger partial charge in [-0.15, -0.1) is 11.8 Å². The highest BCUT2D eigenvalue weighted by Gasteiger charge is 2.22. The Bertz CT molecular complexity index is 898. The van der Waals surface area contributed by atoms with Crippen molar-refractivity contribution in [2.24, 2.45) is 0 Å². The summed E-state index contributed by atoms with van der Waals surface area (Å²) in [5, 5.41) is 6.40. The van der Waals surface area contributed by atoms with Gasteiger partial charge >= 0.3 is 6.03 Å². The van der Waals surface area contributed by atoms with Gasteiger partial charge in [0.25, 0.3) is 0 Å². The summed E-state index contributed by atoms with van der Waals surface area (Å²) in [6.07, 6.45) is 8.78. The smallest absolute Gasteiger partial charge is 0.319 e. The fourth-order valence-corrected chi connectivity index (χ4v) is 5.41. The Morgan fingerprint density at radius 2 is 1.72 bits per heavy atom. The molecular formula is C23H30N6O2S. The van der Waals surface area contributed by atoms with E-state index in [0.717, 1.165) is 10.6 Å². The summed E-state index contributed by atoms with van der Waals surface area (Å²) in [4.78, 5) is 38.5. The van der Waals surface area contributed by atoms with E-state index in [1.165, 1.54) is 25.7 Å². The molecule has 1 aliphatic heterocycles. The van der Waals surface area contributed by atoms with Crippen LogP contribution >= 0.6 is 11.8 Å². The van der Waals surface area contributed by atoms with Crippen LogP contribution in [-0.4, -0.2) is 64.8 Å². The number of thioether (sulfide) groups is 1. The van der Waals surface area contributed by atoms with E-state index in [4.69, 9.17) is 0 Å². The van der Waals surface area contributed by atoms with Crippen LogP contribution in [0.4, 0.5) is 16.4 Å². The molecule has 8 nitrogen and oxygen atoms in total. The van der Waals surface area contributed by atoms with Crippen LogP contribution in [0.2, 0.25) is 0 Å². The van der Waals surface area contributed by atoms with Crippen LogP contribution in [0.15, 0.2) is 47.6 Å². The van der Waals surface area contributed by atoms with Gasteiger partial charge in [0.05, 0.1) is 5.69 Å². The molecule has 0 unspecified atom stereocenters. The first kappa shape index (κ1) is 22.4. The molecule has 170 valence electrons. The normalized spacial score (nSPS) is 16.8. The largest absolute Gasteiger partial charge is 0.339 e. The first-order valence-electron chi connectivity index (χ1n) is 11.3. The van der Waals surface area contributed by atoms with Crippen LogP contribution in [0.3, 0.4) is 0 Å². The monoisotopic (exact) mass is 454 g/mol. The lowest BCUT2D eigenvalue weighted by atomic mass is 10.3. The lowest BCUT2D eigenvalue weighted by Crippen LogP contribution is -2.49. The average Bonchev–Trinajstić information content (AvgIpc) is 3.34. The molecule has 2 N–H and O–H groups in total. The van der Waals surface area contributed by atoms with Gasteiger partial charge in [0.15, 0.2) is 0 Å². The van der Waals surface area contributed by atoms with Crippen molar-refractivity contribution in [3.63, 3.8) is 0 Å². The number of amides is 3. The fraction of sp³-hybridized carbons (Fsp3) is 0.478. The minimum absolute atomic E-state index is 0.0520. The molecule has 0 bridgehead atoms. The summed E-state index contributed by atoms with van der Waals surface area (Å²) in [6, 6.07) is 9.43. The number of para-hydroxylation sites is 1. The van der Waals surface area contributed by atoms with Crippen LogP contribution in [0.5, 0.6) is 0 Å². The molecule has 1 aromatic heterocycles. The molecule has 4 rings (SSSR count). The first-order chi connectivity index (χ1) is 15.7. The van der Waals surface area contributed by atoms with E-state index in [0.29, 0.717) is 43.9 Å². The fourth-order valence-electron chi connectivity index (χ4n) is 4.08. The molecule has 32 heavy (non-hydrogen) atoms. The van der Waals surface area contributed by atoms with E-state index in [1.807, 2.05) is 34.9 Å². The van der Waals surface area contributed by atoms with Crippen molar-refractivity contribution in [2.75, 3.05) is 42.9 Å². The Morgan fingerprint density at radius 3 is 2.47 bits per heavy atom. The second-order valence-electron chi connectivity index (χ2n) is 8.07. The Balaban J connectivity index is 1.18. The maximum atomic E-state index is 12.5. The SMILES string of the molecule is O=C(NCCC(=O)N1CCN(c2ncccn2)CC1)Nc1ccccc1SC1CCCC1. The molecule has 1 saturated carbocycles. The maximum Gasteiger partial charge on any atom is 0.319 e. The van der Waals surface area contributed by atoms with Gasteiger partial charge in [0, 0.05) is 61.7 Å². The van der Waals surface area contributed by atoms with Gasteiger partial charge in [0.1, 0.15) is 0 Å². The van der Waals surface area contributed by atoms with Gasteiger partial charge in [-0.05, 0) is 31.0 Å². The summed E-state index contributed by atoms with van der Waals surface area (Å²) < 4.78 is 0. The van der Waals surface area contributed by atoms with E-state index in [9.17, 15) is 9.59 Å². The summed E-state index contributed by atoms with van der Waals surface area (Å²) in [6.45, 7) is 2.99. The van der Waals surface area contributed by atoms with Gasteiger partial charge in [-0.3, -0.25) is 4.79 Å². The minimum atomic E-state index is -0.275. The summed E-state index contributed by atoms with van der Waals surface area (Å²) in [5.74, 6) is 0.750. The number of hydrogen-bond donors (Lipinski definition) is 2. The molecule has 2 aliphatic rings. The Morgan fingerprint density at radius 1 is 1.00 bits per heavy atom. The molecule has 1 aliphatic carbocycles. The second-order valence-corrected chi connectivity index (χ2v) is 9.41. The van der Waals surface area contributed by atoms with E-state index in [2.05, 4.69) is 31.6 Å². The van der Waals surface area contributed by atoms with Crippen molar-refractivity contribution >= 4 is 35.3 Å². The zero-order valence-electron chi connectivity index (χ0n) is 18.2. The zero-order chi connectivity index (χ0) is 22.2. The topological polar surface area (TPSA) is 90.5 Å². The molecule has 2 fully saturated rings. The number of carbonyl (C=O) groups is 2. The lowest BCUT2D eigenvalue weighted by Gasteiger charge is -2.34. The Labute approximate surface area is 193 Å². The van der Waals surface area contributed by atoms with E-state index in [1.54, 1.807) is 18.5 Å². The third-order valence-corrected chi connectivity index (χ3v) is 7.24. The number of piperazine rings is 1. The molecular weight excluding hydrogens is 424 g/mol. The standard InChI is InChI=1S/C23H30N6O2S/c30-21(28-14-16-29(17-15-28)22-24-11-5-12-25-22)10-13-26-23(31)27-19-8-3-4-9-20(19)32-18-6-1-2-7-18/h3-5,8-9,11-12,18H,1-2,6-7,10,13-17H2,(H2,26,27,31). The van der Waals surface area contributed by atoms with Crippen molar-refractivity contribution in [1.82, 2.24) is 20.2 Å². The van der Waals surface area contributed by atoms with Crippen molar-refractivity contribution < 1.29 is 9.59 Å². The molecule has 3 amide bonds. The highest BCUT2D eigenvalue weighted by Crippen LogP contribution is 2.37. The Hall–Kier alpha value is -2.81. The molecule has 0 atom stereocenters. The van der Waals surface area contributed by atoms with Gasteiger partial charge < -0.3 is 20.4 Å². The van der Waals surface area contributed by atoms with Crippen molar-refractivity contribution in [2.45, 2.75) is 42.2 Å². The van der Waals surface area contributed by atoms with Crippen LogP contribution in [0, 0.1) is 0 Å². The van der Waals surface area contributed by atoms with Crippen molar-refractivity contribution in [3.8, 4) is 0 Å². The predicted octanol–water partition coefficient (Wildman–Crippen LogP) is 3.37. The lowest BCUT2D eigenvalue weighted by molar-refractivity contribution is -0.131. The minimum Gasteiger partial charge on any atom is -0.339 e. The zero-order valence-corrected chi connectivity index (χ0v) is 19.0. The van der Waals surface area contributed by atoms with Crippen LogP contribution in [0.1, 0.15) is 32.1 Å². The third kappa shape index (κ3) is 6.12. The van der Waals surface area contributed by atoms with Gasteiger partial charge in [-0.1, -0.05) is 25.0 Å². The van der Waals surface area contributed by atoms with E-state index in [-0.39, 0.29) is 18.4 Å². The summed E-state index contributed by atoms with van der Waals surface area (Å²) in [5.41, 5.74) is 0.826. The van der Waals surface area contributed by atoms with Crippen LogP contribution in [-0.2, 0) is 4.79 Å². The number of nitrogens with zero attached hydrogens (tertiary/aromatic N) is 4. The number of rotatable bonds is 7. The number of benzene rings is 1. The molecule has 1 saturated heterocycles. The molecule has 0 spiro atoms. The number of anilines is 2. The first-order valence-corrected chi connectivity index (χ1v) is 12.2. The molecule has 2 heterocycles. The maximum absolute atomic E-state index is 12.5. The predicted molar refractivity (Wildman–Crippen MR) is 127 cm³/mol. The van der Waals surface area contributed by atoms with Crippen molar-refractivity contribution in [1.29, 1.82) is 0 Å². The average molecular weight is 455 g/mol. The number of carbonyl (C=O) groups excluding carboxylic acids is 2. The Kier molecular flexibility index (Phi) is 7.82. The highest BCUT2D eigenvalue weighted by molar-refractivity contribution is 8.00. The highest BCUT2D eigenvalue weighted by atomic mass is 32.2. The quantitative estimate of drug-likeness (QED) is 0.667. The molecule has 2 aromatic rings. The van der Waals surface area contributed by atoms with Gasteiger partial charge in [-0.2, -0.15) is 0 Å². The number of hydrogen-bond acceptors (Lipinski definition) is 6. The third-order valence-electron chi connectivity index (χ3n) is 5.82. The summed E-state index contributed by atoms with van der Waals surface area (Å²) >= 11 is 1.85. The van der Waals surface area contributed by atoms with Crippen LogP contribution < -0.4 is 15.5 Å². The molecule has 1 aromatic carbocycles.